The number of ether oxygens (including phenoxy) is 5. The Labute approximate surface area is 190 Å². The summed E-state index contributed by atoms with van der Waals surface area (Å²) in [7, 11) is 4.60. The minimum atomic E-state index is -0.508. The van der Waals surface area contributed by atoms with Gasteiger partial charge in [0.1, 0.15) is 0 Å². The van der Waals surface area contributed by atoms with Crippen molar-refractivity contribution in [2.75, 3.05) is 52.9 Å². The Morgan fingerprint density at radius 2 is 1.53 bits per heavy atom. The summed E-state index contributed by atoms with van der Waals surface area (Å²) in [6, 6.07) is 13.1. The van der Waals surface area contributed by atoms with Crippen molar-refractivity contribution in [3.8, 4) is 17.2 Å². The standard InChI is InChI=1S/C24H34N2O6/c1-6-31-22(32-7-2)17-26(14-13-18-11-9-8-10-12-18)24(27)25-19-15-20(28-3)23(30-5)21(16-19)29-4/h8-12,15-16,22H,6-7,13-14,17H2,1-5H3,(H,25,27). The molecule has 0 aliphatic rings. The van der Waals surface area contributed by atoms with E-state index in [1.165, 1.54) is 21.3 Å². The van der Waals surface area contributed by atoms with Crippen molar-refractivity contribution in [3.63, 3.8) is 0 Å². The first-order chi connectivity index (χ1) is 15.6. The van der Waals surface area contributed by atoms with Crippen LogP contribution in [0, 0.1) is 0 Å². The summed E-state index contributed by atoms with van der Waals surface area (Å²) in [6.45, 7) is 5.58. The SMILES string of the molecule is CCOC(CN(CCc1ccccc1)C(=O)Nc1cc(OC)c(OC)c(OC)c1)OCC. The van der Waals surface area contributed by atoms with Gasteiger partial charge in [0.05, 0.1) is 33.6 Å². The molecule has 0 unspecified atom stereocenters. The number of methoxy groups -OCH3 is 3. The molecule has 0 saturated heterocycles. The third kappa shape index (κ3) is 7.32. The third-order valence-corrected chi connectivity index (χ3v) is 4.79. The zero-order valence-electron chi connectivity index (χ0n) is 19.6. The number of benzene rings is 2. The van der Waals surface area contributed by atoms with E-state index in [-0.39, 0.29) is 6.03 Å². The van der Waals surface area contributed by atoms with Crippen LogP contribution in [0.1, 0.15) is 19.4 Å². The van der Waals surface area contributed by atoms with Crippen LogP contribution in [0.15, 0.2) is 42.5 Å². The van der Waals surface area contributed by atoms with E-state index >= 15 is 0 Å². The fourth-order valence-electron chi connectivity index (χ4n) is 3.25. The van der Waals surface area contributed by atoms with Crippen molar-refractivity contribution in [3.05, 3.63) is 48.0 Å². The second kappa shape index (κ2) is 13.4. The van der Waals surface area contributed by atoms with Gasteiger partial charge < -0.3 is 33.9 Å². The molecule has 8 nitrogen and oxygen atoms in total. The van der Waals surface area contributed by atoms with Gasteiger partial charge >= 0.3 is 6.03 Å². The van der Waals surface area contributed by atoms with Gasteiger partial charge in [-0.05, 0) is 25.8 Å². The highest BCUT2D eigenvalue weighted by atomic mass is 16.7. The van der Waals surface area contributed by atoms with Gasteiger partial charge in [0.2, 0.25) is 5.75 Å². The first-order valence-corrected chi connectivity index (χ1v) is 10.7. The summed E-state index contributed by atoms with van der Waals surface area (Å²) in [4.78, 5) is 14.9. The van der Waals surface area contributed by atoms with Crippen LogP contribution in [-0.4, -0.2) is 64.9 Å². The van der Waals surface area contributed by atoms with Crippen molar-refractivity contribution in [1.29, 1.82) is 0 Å². The number of amides is 2. The summed E-state index contributed by atoms with van der Waals surface area (Å²) >= 11 is 0. The Balaban J connectivity index is 2.22. The minimum absolute atomic E-state index is 0.278. The van der Waals surface area contributed by atoms with Crippen molar-refractivity contribution in [2.24, 2.45) is 0 Å². The van der Waals surface area contributed by atoms with E-state index < -0.39 is 6.29 Å². The van der Waals surface area contributed by atoms with E-state index in [0.29, 0.717) is 55.7 Å². The Morgan fingerprint density at radius 3 is 2.03 bits per heavy atom. The number of nitrogens with one attached hydrogen (secondary N) is 1. The molecule has 0 bridgehead atoms. The monoisotopic (exact) mass is 446 g/mol. The van der Waals surface area contributed by atoms with Gasteiger partial charge in [0.15, 0.2) is 17.8 Å². The molecule has 2 amide bonds. The fraction of sp³-hybridized carbons (Fsp3) is 0.458. The highest BCUT2D eigenvalue weighted by Crippen LogP contribution is 2.40. The summed E-state index contributed by atoms with van der Waals surface area (Å²) in [5.41, 5.74) is 1.67. The Hall–Kier alpha value is -2.97. The van der Waals surface area contributed by atoms with Crippen LogP contribution in [0.25, 0.3) is 0 Å². The molecule has 32 heavy (non-hydrogen) atoms. The van der Waals surface area contributed by atoms with Crippen LogP contribution in [0.4, 0.5) is 10.5 Å². The molecule has 0 aliphatic heterocycles. The second-order valence-corrected chi connectivity index (χ2v) is 6.87. The topological polar surface area (TPSA) is 78.5 Å². The third-order valence-electron chi connectivity index (χ3n) is 4.79. The predicted molar refractivity (Wildman–Crippen MR) is 124 cm³/mol. The Bertz CT molecular complexity index is 799. The predicted octanol–water partition coefficient (Wildman–Crippen LogP) is 4.19. The zero-order valence-corrected chi connectivity index (χ0v) is 19.6. The second-order valence-electron chi connectivity index (χ2n) is 6.87. The normalized spacial score (nSPS) is 10.7. The van der Waals surface area contributed by atoms with Crippen LogP contribution in [0.2, 0.25) is 0 Å². The highest BCUT2D eigenvalue weighted by molar-refractivity contribution is 5.90. The molecule has 2 aromatic carbocycles. The van der Waals surface area contributed by atoms with E-state index in [4.69, 9.17) is 23.7 Å². The van der Waals surface area contributed by atoms with Crippen LogP contribution in [0.5, 0.6) is 17.2 Å². The highest BCUT2D eigenvalue weighted by Gasteiger charge is 2.21. The summed E-state index contributed by atoms with van der Waals surface area (Å²) in [5, 5.41) is 2.93. The summed E-state index contributed by atoms with van der Waals surface area (Å²) < 4.78 is 27.5. The molecule has 0 aromatic heterocycles. The maximum Gasteiger partial charge on any atom is 0.322 e. The molecular formula is C24H34N2O6. The van der Waals surface area contributed by atoms with Crippen LogP contribution in [-0.2, 0) is 15.9 Å². The average Bonchev–Trinajstić information content (AvgIpc) is 2.81. The van der Waals surface area contributed by atoms with Crippen molar-refractivity contribution >= 4 is 11.7 Å². The first kappa shape index (κ1) is 25.3. The number of hydrogen-bond donors (Lipinski definition) is 1. The lowest BCUT2D eigenvalue weighted by atomic mass is 10.1. The van der Waals surface area contributed by atoms with E-state index in [1.54, 1.807) is 17.0 Å². The van der Waals surface area contributed by atoms with E-state index in [1.807, 2.05) is 44.2 Å². The fourth-order valence-corrected chi connectivity index (χ4v) is 3.25. The molecule has 0 fully saturated rings. The smallest absolute Gasteiger partial charge is 0.322 e. The maximum atomic E-state index is 13.2. The number of rotatable bonds is 13. The van der Waals surface area contributed by atoms with Crippen LogP contribution < -0.4 is 19.5 Å². The first-order valence-electron chi connectivity index (χ1n) is 10.7. The molecule has 0 atom stereocenters. The number of hydrogen-bond acceptors (Lipinski definition) is 6. The minimum Gasteiger partial charge on any atom is -0.493 e. The summed E-state index contributed by atoms with van der Waals surface area (Å²) in [5.74, 6) is 1.38. The molecule has 2 aromatic rings. The van der Waals surface area contributed by atoms with E-state index in [0.717, 1.165) is 5.56 Å². The molecule has 176 valence electrons. The number of carbonyl (C=O) groups excluding carboxylic acids is 1. The molecule has 2 rings (SSSR count). The number of anilines is 1. The van der Waals surface area contributed by atoms with Gasteiger partial charge in [0.25, 0.3) is 0 Å². The molecule has 0 aliphatic carbocycles. The van der Waals surface area contributed by atoms with E-state index in [2.05, 4.69) is 5.32 Å². The lowest BCUT2D eigenvalue weighted by Gasteiger charge is -2.28. The van der Waals surface area contributed by atoms with Crippen LogP contribution >= 0.6 is 0 Å². The van der Waals surface area contributed by atoms with Crippen molar-refractivity contribution in [2.45, 2.75) is 26.6 Å². The molecule has 0 radical (unpaired) electrons. The number of carbonyl (C=O) groups is 1. The van der Waals surface area contributed by atoms with Gasteiger partial charge in [-0.2, -0.15) is 0 Å². The largest absolute Gasteiger partial charge is 0.493 e. The lowest BCUT2D eigenvalue weighted by molar-refractivity contribution is -0.142. The van der Waals surface area contributed by atoms with Crippen molar-refractivity contribution < 1.29 is 28.5 Å². The molecule has 1 N–H and O–H groups in total. The Morgan fingerprint density at radius 1 is 0.938 bits per heavy atom. The van der Waals surface area contributed by atoms with Gasteiger partial charge in [-0.25, -0.2) is 4.79 Å². The van der Waals surface area contributed by atoms with Gasteiger partial charge in [0, 0.05) is 31.9 Å². The molecule has 0 saturated carbocycles. The van der Waals surface area contributed by atoms with Gasteiger partial charge in [-0.1, -0.05) is 30.3 Å². The van der Waals surface area contributed by atoms with Gasteiger partial charge in [-0.3, -0.25) is 0 Å². The summed E-state index contributed by atoms with van der Waals surface area (Å²) in [6.07, 6.45) is 0.195. The van der Waals surface area contributed by atoms with Crippen LogP contribution in [0.3, 0.4) is 0 Å². The Kier molecular flexibility index (Phi) is 10.6. The van der Waals surface area contributed by atoms with E-state index in [9.17, 15) is 4.79 Å². The zero-order chi connectivity index (χ0) is 23.3. The molecular weight excluding hydrogens is 412 g/mol. The number of nitrogens with zero attached hydrogens (tertiary/aromatic N) is 1. The number of urea groups is 1. The molecule has 0 spiro atoms. The molecule has 8 heteroatoms. The maximum absolute atomic E-state index is 13.2. The lowest BCUT2D eigenvalue weighted by Crippen LogP contribution is -2.43. The van der Waals surface area contributed by atoms with Crippen molar-refractivity contribution in [1.82, 2.24) is 4.90 Å². The van der Waals surface area contributed by atoms with Gasteiger partial charge in [-0.15, -0.1) is 0 Å². The molecule has 0 heterocycles. The average molecular weight is 447 g/mol. The quantitative estimate of drug-likeness (QED) is 0.465.